The average Bonchev–Trinajstić information content (AvgIpc) is 2.63. The summed E-state index contributed by atoms with van der Waals surface area (Å²) < 4.78 is 5.66. The SMILES string of the molecule is CC[C@@H](CNC(=O)[C@@H](C)Oc1ccc(C(C)=O)cc1)c1ccccc1. The van der Waals surface area contributed by atoms with Gasteiger partial charge in [0.25, 0.3) is 5.91 Å². The molecule has 2 rings (SSSR count). The molecule has 0 aliphatic carbocycles. The van der Waals surface area contributed by atoms with Crippen LogP contribution in [-0.2, 0) is 4.79 Å². The molecule has 0 unspecified atom stereocenters. The summed E-state index contributed by atoms with van der Waals surface area (Å²) in [5, 5.41) is 2.96. The summed E-state index contributed by atoms with van der Waals surface area (Å²) in [6.45, 7) is 5.93. The fourth-order valence-electron chi connectivity index (χ4n) is 2.62. The zero-order chi connectivity index (χ0) is 18.2. The first kappa shape index (κ1) is 18.7. The van der Waals surface area contributed by atoms with Crippen molar-refractivity contribution in [2.24, 2.45) is 0 Å². The van der Waals surface area contributed by atoms with E-state index in [1.54, 1.807) is 31.2 Å². The van der Waals surface area contributed by atoms with Crippen molar-refractivity contribution in [2.75, 3.05) is 6.54 Å². The Labute approximate surface area is 149 Å². The minimum atomic E-state index is -0.601. The van der Waals surface area contributed by atoms with Crippen molar-refractivity contribution in [3.63, 3.8) is 0 Å². The largest absolute Gasteiger partial charge is 0.481 e. The Kier molecular flexibility index (Phi) is 6.75. The summed E-state index contributed by atoms with van der Waals surface area (Å²) in [5.74, 6) is 0.712. The minimum absolute atomic E-state index is 0.00357. The van der Waals surface area contributed by atoms with E-state index in [2.05, 4.69) is 24.4 Å². The summed E-state index contributed by atoms with van der Waals surface area (Å²) in [7, 11) is 0. The third kappa shape index (κ3) is 5.45. The van der Waals surface area contributed by atoms with E-state index in [4.69, 9.17) is 4.74 Å². The van der Waals surface area contributed by atoms with E-state index in [1.165, 1.54) is 12.5 Å². The number of hydrogen-bond donors (Lipinski definition) is 1. The fraction of sp³-hybridized carbons (Fsp3) is 0.333. The lowest BCUT2D eigenvalue weighted by Gasteiger charge is -2.19. The highest BCUT2D eigenvalue weighted by Crippen LogP contribution is 2.18. The standard InChI is InChI=1S/C21H25NO3/c1-4-17(19-8-6-5-7-9-19)14-22-21(24)16(3)25-20-12-10-18(11-13-20)15(2)23/h5-13,16-17H,4,14H2,1-3H3,(H,22,24)/t16-,17+/m1/s1. The van der Waals surface area contributed by atoms with E-state index in [-0.39, 0.29) is 17.6 Å². The van der Waals surface area contributed by atoms with Crippen LogP contribution >= 0.6 is 0 Å². The number of carbonyl (C=O) groups excluding carboxylic acids is 2. The Hall–Kier alpha value is -2.62. The molecule has 1 amide bonds. The molecule has 2 aromatic carbocycles. The van der Waals surface area contributed by atoms with Gasteiger partial charge in [0, 0.05) is 18.0 Å². The second kappa shape index (κ2) is 9.02. The predicted octanol–water partition coefficient (Wildman–Crippen LogP) is 3.97. The van der Waals surface area contributed by atoms with E-state index in [0.717, 1.165) is 6.42 Å². The summed E-state index contributed by atoms with van der Waals surface area (Å²) in [4.78, 5) is 23.6. The number of ketones is 1. The number of benzene rings is 2. The van der Waals surface area contributed by atoms with E-state index in [0.29, 0.717) is 17.9 Å². The molecule has 0 spiro atoms. The van der Waals surface area contributed by atoms with Crippen LogP contribution < -0.4 is 10.1 Å². The van der Waals surface area contributed by atoms with Crippen LogP contribution in [0.3, 0.4) is 0 Å². The maximum atomic E-state index is 12.3. The lowest BCUT2D eigenvalue weighted by atomic mass is 9.96. The van der Waals surface area contributed by atoms with Crippen molar-refractivity contribution in [1.82, 2.24) is 5.32 Å². The van der Waals surface area contributed by atoms with Crippen LogP contribution in [0, 0.1) is 0 Å². The van der Waals surface area contributed by atoms with Crippen LogP contribution in [0.5, 0.6) is 5.75 Å². The van der Waals surface area contributed by atoms with E-state index in [9.17, 15) is 9.59 Å². The Balaban J connectivity index is 1.88. The summed E-state index contributed by atoms with van der Waals surface area (Å²) in [5.41, 5.74) is 1.84. The van der Waals surface area contributed by atoms with Gasteiger partial charge in [0.05, 0.1) is 0 Å². The molecule has 0 aromatic heterocycles. The zero-order valence-electron chi connectivity index (χ0n) is 15.0. The molecule has 4 nitrogen and oxygen atoms in total. The molecule has 2 aromatic rings. The topological polar surface area (TPSA) is 55.4 Å². The molecule has 2 atom stereocenters. The van der Waals surface area contributed by atoms with Gasteiger partial charge in [0.1, 0.15) is 5.75 Å². The molecule has 0 heterocycles. The third-order valence-electron chi connectivity index (χ3n) is 4.23. The van der Waals surface area contributed by atoms with Crippen LogP contribution in [0.15, 0.2) is 54.6 Å². The van der Waals surface area contributed by atoms with Gasteiger partial charge in [-0.25, -0.2) is 0 Å². The fourth-order valence-corrected chi connectivity index (χ4v) is 2.62. The number of rotatable bonds is 8. The number of carbonyl (C=O) groups is 2. The average molecular weight is 339 g/mol. The third-order valence-corrected chi connectivity index (χ3v) is 4.23. The van der Waals surface area contributed by atoms with E-state index >= 15 is 0 Å². The number of hydrogen-bond acceptors (Lipinski definition) is 3. The van der Waals surface area contributed by atoms with Gasteiger partial charge in [-0.1, -0.05) is 37.3 Å². The van der Waals surface area contributed by atoms with Gasteiger partial charge in [-0.05, 0) is 50.1 Å². The molecular formula is C21H25NO3. The number of amides is 1. The van der Waals surface area contributed by atoms with Gasteiger partial charge < -0.3 is 10.1 Å². The monoisotopic (exact) mass is 339 g/mol. The molecule has 0 aliphatic heterocycles. The molecule has 0 bridgehead atoms. The van der Waals surface area contributed by atoms with Crippen LogP contribution in [-0.4, -0.2) is 24.3 Å². The smallest absolute Gasteiger partial charge is 0.260 e. The number of nitrogens with one attached hydrogen (secondary N) is 1. The quantitative estimate of drug-likeness (QED) is 0.741. The van der Waals surface area contributed by atoms with Crippen molar-refractivity contribution in [3.05, 3.63) is 65.7 Å². The van der Waals surface area contributed by atoms with Crippen molar-refractivity contribution in [2.45, 2.75) is 39.2 Å². The summed E-state index contributed by atoms with van der Waals surface area (Å²) >= 11 is 0. The number of Topliss-reactive ketones (excluding diaryl/α,β-unsaturated/α-hetero) is 1. The van der Waals surface area contributed by atoms with Crippen LogP contribution in [0.25, 0.3) is 0 Å². The van der Waals surface area contributed by atoms with Gasteiger partial charge in [-0.3, -0.25) is 9.59 Å². The first-order valence-electron chi connectivity index (χ1n) is 8.61. The Bertz CT molecular complexity index is 695. The van der Waals surface area contributed by atoms with E-state index < -0.39 is 6.10 Å². The Morgan fingerprint density at radius 2 is 1.68 bits per heavy atom. The predicted molar refractivity (Wildman–Crippen MR) is 99.0 cm³/mol. The summed E-state index contributed by atoms with van der Waals surface area (Å²) in [6.07, 6.45) is 0.350. The Morgan fingerprint density at radius 1 is 1.04 bits per heavy atom. The Morgan fingerprint density at radius 3 is 2.24 bits per heavy atom. The lowest BCUT2D eigenvalue weighted by Crippen LogP contribution is -2.38. The van der Waals surface area contributed by atoms with Gasteiger partial charge in [-0.15, -0.1) is 0 Å². The van der Waals surface area contributed by atoms with Gasteiger partial charge in [0.2, 0.25) is 0 Å². The molecular weight excluding hydrogens is 314 g/mol. The first-order valence-corrected chi connectivity index (χ1v) is 8.61. The zero-order valence-corrected chi connectivity index (χ0v) is 15.0. The van der Waals surface area contributed by atoms with Gasteiger partial charge in [0.15, 0.2) is 11.9 Å². The molecule has 0 saturated heterocycles. The highest BCUT2D eigenvalue weighted by Gasteiger charge is 2.17. The van der Waals surface area contributed by atoms with Gasteiger partial charge in [-0.2, -0.15) is 0 Å². The highest BCUT2D eigenvalue weighted by molar-refractivity contribution is 5.94. The van der Waals surface area contributed by atoms with Crippen molar-refractivity contribution < 1.29 is 14.3 Å². The second-order valence-electron chi connectivity index (χ2n) is 6.10. The molecule has 0 fully saturated rings. The van der Waals surface area contributed by atoms with Gasteiger partial charge >= 0.3 is 0 Å². The van der Waals surface area contributed by atoms with Crippen molar-refractivity contribution in [1.29, 1.82) is 0 Å². The van der Waals surface area contributed by atoms with Crippen LogP contribution in [0.2, 0.25) is 0 Å². The maximum absolute atomic E-state index is 12.3. The lowest BCUT2D eigenvalue weighted by molar-refractivity contribution is -0.127. The van der Waals surface area contributed by atoms with E-state index in [1.807, 2.05) is 18.2 Å². The van der Waals surface area contributed by atoms with Crippen molar-refractivity contribution in [3.8, 4) is 5.75 Å². The highest BCUT2D eigenvalue weighted by atomic mass is 16.5. The molecule has 0 saturated carbocycles. The molecule has 4 heteroatoms. The van der Waals surface area contributed by atoms with Crippen LogP contribution in [0.4, 0.5) is 0 Å². The number of ether oxygens (including phenoxy) is 1. The molecule has 0 aliphatic rings. The second-order valence-corrected chi connectivity index (χ2v) is 6.10. The van der Waals surface area contributed by atoms with Crippen LogP contribution in [0.1, 0.15) is 49.0 Å². The minimum Gasteiger partial charge on any atom is -0.481 e. The molecule has 1 N–H and O–H groups in total. The molecule has 0 radical (unpaired) electrons. The molecule has 132 valence electrons. The molecule has 25 heavy (non-hydrogen) atoms. The first-order chi connectivity index (χ1) is 12.0. The summed E-state index contributed by atoms with van der Waals surface area (Å²) in [6, 6.07) is 17.0. The van der Waals surface area contributed by atoms with Crippen molar-refractivity contribution >= 4 is 11.7 Å². The maximum Gasteiger partial charge on any atom is 0.260 e. The normalized spacial score (nSPS) is 12.9.